The van der Waals surface area contributed by atoms with E-state index in [9.17, 15) is 5.11 Å². The lowest BCUT2D eigenvalue weighted by molar-refractivity contribution is 0.0269. The first-order valence-electron chi connectivity index (χ1n) is 6.43. The van der Waals surface area contributed by atoms with Gasteiger partial charge in [0.1, 0.15) is 5.60 Å². The molecule has 102 valence electrons. The molecule has 0 spiro atoms. The van der Waals surface area contributed by atoms with Gasteiger partial charge in [-0.3, -0.25) is 0 Å². The fourth-order valence-electron chi connectivity index (χ4n) is 2.47. The molecule has 19 heavy (non-hydrogen) atoms. The van der Waals surface area contributed by atoms with Crippen molar-refractivity contribution in [2.45, 2.75) is 18.6 Å². The second-order valence-corrected chi connectivity index (χ2v) is 5.57. The van der Waals surface area contributed by atoms with E-state index in [0.29, 0.717) is 32.7 Å². The molecular formula is C14H17ClN2O2. The number of fused-ring (bicyclic) bond motifs is 1. The van der Waals surface area contributed by atoms with Crippen LogP contribution in [0.15, 0.2) is 24.4 Å². The van der Waals surface area contributed by atoms with E-state index in [-0.39, 0.29) is 0 Å². The Hall–Kier alpha value is -1.07. The first-order chi connectivity index (χ1) is 9.16. The smallest absolute Gasteiger partial charge is 0.102 e. The van der Waals surface area contributed by atoms with Gasteiger partial charge in [-0.1, -0.05) is 17.7 Å². The highest BCUT2D eigenvalue weighted by Gasteiger charge is 2.31. The maximum Gasteiger partial charge on any atom is 0.102 e. The van der Waals surface area contributed by atoms with Gasteiger partial charge in [0.05, 0.1) is 6.61 Å². The summed E-state index contributed by atoms with van der Waals surface area (Å²) in [4.78, 5) is 3.21. The highest BCUT2D eigenvalue weighted by Crippen LogP contribution is 2.22. The zero-order valence-electron chi connectivity index (χ0n) is 10.6. The van der Waals surface area contributed by atoms with Crippen molar-refractivity contribution in [3.63, 3.8) is 0 Å². The van der Waals surface area contributed by atoms with Crippen LogP contribution in [0.4, 0.5) is 0 Å². The molecule has 1 aliphatic heterocycles. The summed E-state index contributed by atoms with van der Waals surface area (Å²) in [6.45, 7) is 2.32. The molecule has 0 bridgehead atoms. The fourth-order valence-corrected chi connectivity index (χ4v) is 2.64. The Bertz CT molecular complexity index is 576. The third-order valence-electron chi connectivity index (χ3n) is 3.58. The summed E-state index contributed by atoms with van der Waals surface area (Å²) < 4.78 is 5.22. The normalized spacial score (nSPS) is 23.3. The summed E-state index contributed by atoms with van der Waals surface area (Å²) in [7, 11) is 0. The van der Waals surface area contributed by atoms with E-state index in [0.717, 1.165) is 15.9 Å². The number of rotatable bonds is 4. The Morgan fingerprint density at radius 1 is 1.47 bits per heavy atom. The van der Waals surface area contributed by atoms with Crippen molar-refractivity contribution in [3.8, 4) is 0 Å². The van der Waals surface area contributed by atoms with Gasteiger partial charge < -0.3 is 20.1 Å². The molecular weight excluding hydrogens is 264 g/mol. The van der Waals surface area contributed by atoms with Gasteiger partial charge in [0.2, 0.25) is 0 Å². The molecule has 2 aromatic rings. The molecule has 1 atom stereocenters. The minimum atomic E-state index is -0.713. The number of nitrogens with one attached hydrogen (secondary N) is 2. The van der Waals surface area contributed by atoms with E-state index in [2.05, 4.69) is 10.3 Å². The standard InChI is InChI=1S/C14H17ClN2O2/c15-11-1-2-12-10(7-17-13(12)5-11)6-16-8-14(18)3-4-19-9-14/h1-2,5,7,16-18H,3-4,6,8-9H2. The first kappa shape index (κ1) is 12.9. The lowest BCUT2D eigenvalue weighted by Gasteiger charge is -2.20. The highest BCUT2D eigenvalue weighted by molar-refractivity contribution is 6.31. The van der Waals surface area contributed by atoms with Gasteiger partial charge in [-0.2, -0.15) is 0 Å². The van der Waals surface area contributed by atoms with Crippen LogP contribution in [0, 0.1) is 0 Å². The molecule has 1 unspecified atom stereocenters. The number of hydrogen-bond donors (Lipinski definition) is 3. The molecule has 1 aromatic carbocycles. The topological polar surface area (TPSA) is 57.3 Å². The number of H-pyrrole nitrogens is 1. The van der Waals surface area contributed by atoms with Crippen LogP contribution in [0.3, 0.4) is 0 Å². The van der Waals surface area contributed by atoms with Crippen LogP contribution in [0.5, 0.6) is 0 Å². The molecule has 5 heteroatoms. The Balaban J connectivity index is 1.65. The van der Waals surface area contributed by atoms with Crippen molar-refractivity contribution in [2.75, 3.05) is 19.8 Å². The number of benzene rings is 1. The van der Waals surface area contributed by atoms with Crippen molar-refractivity contribution < 1.29 is 9.84 Å². The average Bonchev–Trinajstić information content (AvgIpc) is 2.97. The quantitative estimate of drug-likeness (QED) is 0.803. The van der Waals surface area contributed by atoms with E-state index in [1.807, 2.05) is 24.4 Å². The maximum atomic E-state index is 10.2. The summed E-state index contributed by atoms with van der Waals surface area (Å²) in [6.07, 6.45) is 2.67. The summed E-state index contributed by atoms with van der Waals surface area (Å²) in [6, 6.07) is 5.82. The van der Waals surface area contributed by atoms with E-state index in [4.69, 9.17) is 16.3 Å². The zero-order valence-corrected chi connectivity index (χ0v) is 11.3. The van der Waals surface area contributed by atoms with Crippen LogP contribution in [0.25, 0.3) is 10.9 Å². The van der Waals surface area contributed by atoms with Crippen LogP contribution in [-0.2, 0) is 11.3 Å². The molecule has 0 aliphatic carbocycles. The molecule has 1 aliphatic rings. The lowest BCUT2D eigenvalue weighted by Crippen LogP contribution is -2.40. The SMILES string of the molecule is OC1(CNCc2c[nH]c3cc(Cl)ccc23)CCOC1. The van der Waals surface area contributed by atoms with Crippen LogP contribution in [0.1, 0.15) is 12.0 Å². The molecule has 2 heterocycles. The van der Waals surface area contributed by atoms with Gasteiger partial charge in [-0.25, -0.2) is 0 Å². The van der Waals surface area contributed by atoms with Crippen LogP contribution in [-0.4, -0.2) is 35.5 Å². The molecule has 3 rings (SSSR count). The molecule has 1 aromatic heterocycles. The minimum absolute atomic E-state index is 0.420. The zero-order chi connectivity index (χ0) is 13.3. The minimum Gasteiger partial charge on any atom is -0.386 e. The summed E-state index contributed by atoms with van der Waals surface area (Å²) in [5, 5.41) is 15.3. The maximum absolute atomic E-state index is 10.2. The second-order valence-electron chi connectivity index (χ2n) is 5.13. The van der Waals surface area contributed by atoms with Crippen molar-refractivity contribution in [3.05, 3.63) is 35.0 Å². The monoisotopic (exact) mass is 280 g/mol. The van der Waals surface area contributed by atoms with Crippen molar-refractivity contribution in [1.82, 2.24) is 10.3 Å². The van der Waals surface area contributed by atoms with Gasteiger partial charge in [0.15, 0.2) is 0 Å². The van der Waals surface area contributed by atoms with E-state index < -0.39 is 5.60 Å². The number of hydrogen-bond acceptors (Lipinski definition) is 3. The van der Waals surface area contributed by atoms with E-state index in [1.54, 1.807) is 0 Å². The Morgan fingerprint density at radius 2 is 2.37 bits per heavy atom. The van der Waals surface area contributed by atoms with E-state index in [1.165, 1.54) is 5.56 Å². The van der Waals surface area contributed by atoms with E-state index >= 15 is 0 Å². The largest absolute Gasteiger partial charge is 0.386 e. The van der Waals surface area contributed by atoms with Crippen LogP contribution < -0.4 is 5.32 Å². The first-order valence-corrected chi connectivity index (χ1v) is 6.80. The predicted octanol–water partition coefficient (Wildman–Crippen LogP) is 2.06. The molecule has 3 N–H and O–H groups in total. The third-order valence-corrected chi connectivity index (χ3v) is 3.82. The Kier molecular flexibility index (Phi) is 3.50. The average molecular weight is 281 g/mol. The molecule has 0 saturated carbocycles. The Labute approximate surface area is 116 Å². The van der Waals surface area contributed by atoms with Gasteiger partial charge in [-0.15, -0.1) is 0 Å². The lowest BCUT2D eigenvalue weighted by atomic mass is 10.0. The summed E-state index contributed by atoms with van der Waals surface area (Å²) >= 11 is 5.95. The third kappa shape index (κ3) is 2.77. The van der Waals surface area contributed by atoms with Gasteiger partial charge in [0, 0.05) is 48.2 Å². The number of ether oxygens (including phenoxy) is 1. The Morgan fingerprint density at radius 3 is 3.16 bits per heavy atom. The van der Waals surface area contributed by atoms with Crippen molar-refractivity contribution in [2.24, 2.45) is 0 Å². The van der Waals surface area contributed by atoms with Gasteiger partial charge in [-0.05, 0) is 17.7 Å². The number of aromatic nitrogens is 1. The van der Waals surface area contributed by atoms with Crippen molar-refractivity contribution in [1.29, 1.82) is 0 Å². The van der Waals surface area contributed by atoms with Crippen LogP contribution >= 0.6 is 11.6 Å². The second kappa shape index (κ2) is 5.13. The molecule has 1 fully saturated rings. The predicted molar refractivity (Wildman–Crippen MR) is 75.4 cm³/mol. The van der Waals surface area contributed by atoms with Gasteiger partial charge in [0.25, 0.3) is 0 Å². The number of halogens is 1. The molecule has 4 nitrogen and oxygen atoms in total. The highest BCUT2D eigenvalue weighted by atomic mass is 35.5. The summed E-state index contributed by atoms with van der Waals surface area (Å²) in [5.74, 6) is 0. The van der Waals surface area contributed by atoms with Crippen molar-refractivity contribution >= 4 is 22.5 Å². The number of aliphatic hydroxyl groups is 1. The molecule has 0 radical (unpaired) electrons. The van der Waals surface area contributed by atoms with Gasteiger partial charge >= 0.3 is 0 Å². The van der Waals surface area contributed by atoms with Crippen LogP contribution in [0.2, 0.25) is 5.02 Å². The molecule has 1 saturated heterocycles. The number of aromatic amines is 1. The fraction of sp³-hybridized carbons (Fsp3) is 0.429. The summed E-state index contributed by atoms with van der Waals surface area (Å²) in [5.41, 5.74) is 1.50. The molecule has 0 amide bonds.